The second-order valence-corrected chi connectivity index (χ2v) is 8.46. The Morgan fingerprint density at radius 3 is 2.69 bits per heavy atom. The molecule has 1 amide bonds. The van der Waals surface area contributed by atoms with Crippen molar-refractivity contribution < 1.29 is 14.3 Å². The Hall–Kier alpha value is -2.08. The highest BCUT2D eigenvalue weighted by Crippen LogP contribution is 2.26. The van der Waals surface area contributed by atoms with Gasteiger partial charge in [0.15, 0.2) is 0 Å². The first-order valence-electron chi connectivity index (χ1n) is 9.97. The molecule has 156 valence electrons. The number of carbonyl (C=O) groups is 1. The summed E-state index contributed by atoms with van der Waals surface area (Å²) in [5.41, 5.74) is 7.32. The number of halogens is 1. The molecular formula is C23H29ClN2O3. The summed E-state index contributed by atoms with van der Waals surface area (Å²) in [4.78, 5) is 14.0. The van der Waals surface area contributed by atoms with Gasteiger partial charge in [0.05, 0.1) is 13.0 Å². The smallest absolute Gasteiger partial charge is 0.220 e. The summed E-state index contributed by atoms with van der Waals surface area (Å²) in [6.45, 7) is 7.30. The molecule has 5 nitrogen and oxygen atoms in total. The van der Waals surface area contributed by atoms with Gasteiger partial charge < -0.3 is 15.2 Å². The number of nitrogens with zero attached hydrogens (tertiary/aromatic N) is 1. The van der Waals surface area contributed by atoms with Crippen molar-refractivity contribution in [1.29, 1.82) is 0 Å². The molecule has 3 rings (SSSR count). The van der Waals surface area contributed by atoms with Crippen LogP contribution in [0.3, 0.4) is 0 Å². The van der Waals surface area contributed by atoms with Crippen molar-refractivity contribution in [2.24, 2.45) is 5.73 Å². The Morgan fingerprint density at radius 1 is 1.28 bits per heavy atom. The maximum Gasteiger partial charge on any atom is 0.220 e. The molecule has 1 heterocycles. The molecular weight excluding hydrogens is 388 g/mol. The highest BCUT2D eigenvalue weighted by Gasteiger charge is 2.39. The van der Waals surface area contributed by atoms with Crippen molar-refractivity contribution in [3.8, 4) is 5.75 Å². The number of hydrogen-bond acceptors (Lipinski definition) is 4. The molecule has 1 unspecified atom stereocenters. The number of carbonyl (C=O) groups excluding carboxylic acids is 1. The van der Waals surface area contributed by atoms with Gasteiger partial charge >= 0.3 is 0 Å². The molecule has 2 aromatic rings. The predicted molar refractivity (Wildman–Crippen MR) is 115 cm³/mol. The van der Waals surface area contributed by atoms with E-state index >= 15 is 0 Å². The van der Waals surface area contributed by atoms with Gasteiger partial charge in [-0.2, -0.15) is 0 Å². The SMILES string of the molecule is CC(C)c1ccc(CN2CCOC(COc3cccc(Cl)c3)(CC(N)=O)C2)cc1. The Balaban J connectivity index is 1.68. The highest BCUT2D eigenvalue weighted by molar-refractivity contribution is 6.30. The molecule has 0 aromatic heterocycles. The third-order valence-corrected chi connectivity index (χ3v) is 5.41. The molecule has 0 spiro atoms. The zero-order chi connectivity index (χ0) is 20.9. The van der Waals surface area contributed by atoms with Crippen LogP contribution in [0.4, 0.5) is 0 Å². The standard InChI is InChI=1S/C23H29ClN2O3/c1-17(2)19-8-6-18(7-9-19)14-26-10-11-29-23(15-26,13-22(25)27)16-28-21-5-3-4-20(24)12-21/h3-9,12,17H,10-11,13-16H2,1-2H3,(H2,25,27). The number of hydrogen-bond donors (Lipinski definition) is 1. The molecule has 29 heavy (non-hydrogen) atoms. The quantitative estimate of drug-likeness (QED) is 0.706. The third kappa shape index (κ3) is 6.20. The molecule has 2 N–H and O–H groups in total. The van der Waals surface area contributed by atoms with E-state index in [1.54, 1.807) is 12.1 Å². The minimum absolute atomic E-state index is 0.107. The fourth-order valence-corrected chi connectivity index (χ4v) is 3.84. The molecule has 1 atom stereocenters. The van der Waals surface area contributed by atoms with E-state index in [1.165, 1.54) is 11.1 Å². The maximum absolute atomic E-state index is 11.8. The van der Waals surface area contributed by atoms with E-state index in [0.717, 1.165) is 13.1 Å². The molecule has 1 aliphatic heterocycles. The van der Waals surface area contributed by atoms with Gasteiger partial charge in [-0.3, -0.25) is 9.69 Å². The summed E-state index contributed by atoms with van der Waals surface area (Å²) >= 11 is 6.04. The fourth-order valence-electron chi connectivity index (χ4n) is 3.66. The topological polar surface area (TPSA) is 64.8 Å². The van der Waals surface area contributed by atoms with Gasteiger partial charge in [-0.1, -0.05) is 55.8 Å². The van der Waals surface area contributed by atoms with Gasteiger partial charge in [-0.15, -0.1) is 0 Å². The van der Waals surface area contributed by atoms with E-state index < -0.39 is 11.5 Å². The average Bonchev–Trinajstić information content (AvgIpc) is 2.67. The third-order valence-electron chi connectivity index (χ3n) is 5.17. The van der Waals surface area contributed by atoms with Gasteiger partial charge in [-0.25, -0.2) is 0 Å². The lowest BCUT2D eigenvalue weighted by atomic mass is 9.96. The van der Waals surface area contributed by atoms with Crippen molar-refractivity contribution in [3.05, 3.63) is 64.7 Å². The molecule has 2 aromatic carbocycles. The summed E-state index contributed by atoms with van der Waals surface area (Å²) in [6, 6.07) is 15.9. The van der Waals surface area contributed by atoms with Crippen LogP contribution >= 0.6 is 11.6 Å². The largest absolute Gasteiger partial charge is 0.490 e. The summed E-state index contributed by atoms with van der Waals surface area (Å²) in [6.07, 6.45) is 0.107. The van der Waals surface area contributed by atoms with Crippen molar-refractivity contribution in [2.45, 2.75) is 38.3 Å². The van der Waals surface area contributed by atoms with Crippen LogP contribution in [0.25, 0.3) is 0 Å². The van der Waals surface area contributed by atoms with Gasteiger partial charge in [0.25, 0.3) is 0 Å². The van der Waals surface area contributed by atoms with Crippen LogP contribution in [0.15, 0.2) is 48.5 Å². The minimum atomic E-state index is -0.774. The van der Waals surface area contributed by atoms with Gasteiger partial charge in [0.1, 0.15) is 18.0 Å². The van der Waals surface area contributed by atoms with E-state index in [0.29, 0.717) is 29.8 Å². The lowest BCUT2D eigenvalue weighted by Gasteiger charge is -2.42. The Morgan fingerprint density at radius 2 is 2.03 bits per heavy atom. The van der Waals surface area contributed by atoms with Crippen molar-refractivity contribution in [3.63, 3.8) is 0 Å². The zero-order valence-corrected chi connectivity index (χ0v) is 17.8. The molecule has 6 heteroatoms. The highest BCUT2D eigenvalue weighted by atomic mass is 35.5. The number of rotatable bonds is 8. The van der Waals surface area contributed by atoms with Gasteiger partial charge in [-0.05, 0) is 35.2 Å². The summed E-state index contributed by atoms with van der Waals surface area (Å²) in [5.74, 6) is 0.758. The Bertz CT molecular complexity index is 825. The molecule has 0 bridgehead atoms. The predicted octanol–water partition coefficient (Wildman–Crippen LogP) is 3.99. The van der Waals surface area contributed by atoms with Crippen LogP contribution in [0.2, 0.25) is 5.02 Å². The van der Waals surface area contributed by atoms with Crippen molar-refractivity contribution in [1.82, 2.24) is 4.90 Å². The van der Waals surface area contributed by atoms with Crippen LogP contribution < -0.4 is 10.5 Å². The molecule has 0 aliphatic carbocycles. The monoisotopic (exact) mass is 416 g/mol. The van der Waals surface area contributed by atoms with Crippen molar-refractivity contribution in [2.75, 3.05) is 26.3 Å². The molecule has 0 saturated carbocycles. The van der Waals surface area contributed by atoms with Gasteiger partial charge in [0, 0.05) is 24.7 Å². The van der Waals surface area contributed by atoms with E-state index in [2.05, 4.69) is 43.0 Å². The maximum atomic E-state index is 11.8. The first-order chi connectivity index (χ1) is 13.8. The summed E-state index contributed by atoms with van der Waals surface area (Å²) in [5, 5.41) is 0.600. The summed E-state index contributed by atoms with van der Waals surface area (Å²) in [7, 11) is 0. The number of nitrogens with two attached hydrogens (primary N) is 1. The van der Waals surface area contributed by atoms with E-state index in [9.17, 15) is 4.79 Å². The van der Waals surface area contributed by atoms with Crippen LogP contribution in [-0.4, -0.2) is 42.7 Å². The van der Waals surface area contributed by atoms with E-state index in [4.69, 9.17) is 26.8 Å². The van der Waals surface area contributed by atoms with E-state index in [1.807, 2.05) is 12.1 Å². The molecule has 0 radical (unpaired) electrons. The molecule has 1 aliphatic rings. The normalized spacial score (nSPS) is 20.0. The van der Waals surface area contributed by atoms with Crippen LogP contribution in [0.5, 0.6) is 5.75 Å². The average molecular weight is 417 g/mol. The Kier molecular flexibility index (Phi) is 7.17. The van der Waals surface area contributed by atoms with Crippen LogP contribution in [0.1, 0.15) is 37.3 Å². The fraction of sp³-hybridized carbons (Fsp3) is 0.435. The second-order valence-electron chi connectivity index (χ2n) is 8.03. The number of morpholine rings is 1. The number of primary amides is 1. The van der Waals surface area contributed by atoms with Crippen molar-refractivity contribution >= 4 is 17.5 Å². The number of benzene rings is 2. The van der Waals surface area contributed by atoms with E-state index in [-0.39, 0.29) is 13.0 Å². The second kappa shape index (κ2) is 9.61. The van der Waals surface area contributed by atoms with Gasteiger partial charge in [0.2, 0.25) is 5.91 Å². The number of ether oxygens (including phenoxy) is 2. The minimum Gasteiger partial charge on any atom is -0.490 e. The molecule has 1 saturated heterocycles. The molecule has 1 fully saturated rings. The number of amides is 1. The van der Waals surface area contributed by atoms with Crippen LogP contribution in [0, 0.1) is 0 Å². The first-order valence-corrected chi connectivity index (χ1v) is 10.3. The lowest BCUT2D eigenvalue weighted by Crippen LogP contribution is -2.56. The summed E-state index contributed by atoms with van der Waals surface area (Å²) < 4.78 is 12.0. The zero-order valence-electron chi connectivity index (χ0n) is 17.1. The lowest BCUT2D eigenvalue weighted by molar-refractivity contribution is -0.148. The first kappa shape index (κ1) is 21.6. The Labute approximate surface area is 177 Å². The van der Waals surface area contributed by atoms with Crippen LogP contribution in [-0.2, 0) is 16.1 Å².